The van der Waals surface area contributed by atoms with Crippen LogP contribution in [0.2, 0.25) is 0 Å². The first-order valence-corrected chi connectivity index (χ1v) is 8.15. The first-order chi connectivity index (χ1) is 9.04. The van der Waals surface area contributed by atoms with E-state index in [-0.39, 0.29) is 11.3 Å². The van der Waals surface area contributed by atoms with E-state index in [9.17, 15) is 4.79 Å². The van der Waals surface area contributed by atoms with E-state index in [0.717, 1.165) is 45.6 Å². The summed E-state index contributed by atoms with van der Waals surface area (Å²) in [5.41, 5.74) is 0.194. The molecule has 1 heterocycles. The Labute approximate surface area is 122 Å². The predicted molar refractivity (Wildman–Crippen MR) is 79.5 cm³/mol. The molecule has 0 aromatic carbocycles. The largest absolute Gasteiger partial charge is 0.341 e. The third-order valence-electron chi connectivity index (χ3n) is 4.86. The van der Waals surface area contributed by atoms with E-state index in [4.69, 9.17) is 11.6 Å². The summed E-state index contributed by atoms with van der Waals surface area (Å²) in [4.78, 5) is 17.2. The fourth-order valence-electron chi connectivity index (χ4n) is 3.54. The van der Waals surface area contributed by atoms with Crippen LogP contribution in [-0.4, -0.2) is 54.3 Å². The average Bonchev–Trinajstić information content (AvgIpc) is 2.59. The number of alkyl halides is 1. The molecule has 0 bridgehead atoms. The van der Waals surface area contributed by atoms with Crippen molar-refractivity contribution in [3.63, 3.8) is 0 Å². The smallest absolute Gasteiger partial charge is 0.226 e. The van der Waals surface area contributed by atoms with Crippen molar-refractivity contribution in [2.75, 3.05) is 38.6 Å². The summed E-state index contributed by atoms with van der Waals surface area (Å²) >= 11 is 5.81. The van der Waals surface area contributed by atoms with Gasteiger partial charge in [-0.2, -0.15) is 0 Å². The Balaban J connectivity index is 1.93. The third kappa shape index (κ3) is 3.63. The number of amides is 1. The van der Waals surface area contributed by atoms with Gasteiger partial charge in [0, 0.05) is 38.0 Å². The first kappa shape index (κ1) is 15.1. The van der Waals surface area contributed by atoms with Gasteiger partial charge in [0.15, 0.2) is 0 Å². The molecule has 0 aromatic rings. The molecule has 0 radical (unpaired) electrons. The molecule has 1 aliphatic heterocycles. The number of hydrogen-bond acceptors (Lipinski definition) is 2. The topological polar surface area (TPSA) is 23.6 Å². The Kier molecular flexibility index (Phi) is 5.13. The monoisotopic (exact) mass is 286 g/mol. The van der Waals surface area contributed by atoms with Crippen molar-refractivity contribution >= 4 is 17.5 Å². The van der Waals surface area contributed by atoms with Crippen LogP contribution in [0.1, 0.15) is 39.5 Å². The molecule has 1 atom stereocenters. The van der Waals surface area contributed by atoms with Crippen molar-refractivity contribution in [3.8, 4) is 0 Å². The van der Waals surface area contributed by atoms with Crippen molar-refractivity contribution < 1.29 is 4.79 Å². The zero-order valence-electron chi connectivity index (χ0n) is 12.3. The van der Waals surface area contributed by atoms with Crippen LogP contribution < -0.4 is 0 Å². The molecule has 2 rings (SSSR count). The summed E-state index contributed by atoms with van der Waals surface area (Å²) in [5, 5.41) is 0. The molecule has 1 aliphatic carbocycles. The predicted octanol–water partition coefficient (Wildman–Crippen LogP) is 2.59. The van der Waals surface area contributed by atoms with Gasteiger partial charge >= 0.3 is 0 Å². The van der Waals surface area contributed by atoms with Crippen molar-refractivity contribution in [1.29, 1.82) is 0 Å². The lowest BCUT2D eigenvalue weighted by Crippen LogP contribution is -2.42. The summed E-state index contributed by atoms with van der Waals surface area (Å²) in [6, 6.07) is 0. The first-order valence-electron chi connectivity index (χ1n) is 7.62. The highest BCUT2D eigenvalue weighted by Gasteiger charge is 2.41. The average molecular weight is 287 g/mol. The summed E-state index contributed by atoms with van der Waals surface area (Å²) in [6.07, 6.45) is 4.55. The van der Waals surface area contributed by atoms with Crippen molar-refractivity contribution in [3.05, 3.63) is 0 Å². The number of nitrogens with zero attached hydrogens (tertiary/aromatic N) is 2. The second-order valence-electron chi connectivity index (χ2n) is 6.64. The maximum Gasteiger partial charge on any atom is 0.226 e. The molecular formula is C15H27ClN2O. The summed E-state index contributed by atoms with van der Waals surface area (Å²) in [6.45, 7) is 9.29. The summed E-state index contributed by atoms with van der Waals surface area (Å²) in [5.74, 6) is 1.33. The van der Waals surface area contributed by atoms with Gasteiger partial charge in [-0.15, -0.1) is 11.6 Å². The standard InChI is InChI=1S/C15H27ClN2O/c1-15(2)6-3-5-13(15)14(19)18-9-4-8-17(10-7-16)11-12-18/h13H,3-12H2,1-2H3. The van der Waals surface area contributed by atoms with Gasteiger partial charge in [-0.05, 0) is 31.2 Å². The third-order valence-corrected chi connectivity index (χ3v) is 5.03. The lowest BCUT2D eigenvalue weighted by Gasteiger charge is -2.31. The molecule has 1 saturated carbocycles. The number of carbonyl (C=O) groups excluding carboxylic acids is 1. The number of rotatable bonds is 3. The Bertz CT molecular complexity index is 319. The fourth-order valence-corrected chi connectivity index (χ4v) is 3.78. The maximum atomic E-state index is 12.7. The molecule has 19 heavy (non-hydrogen) atoms. The molecule has 2 fully saturated rings. The molecule has 4 heteroatoms. The second kappa shape index (κ2) is 6.45. The Morgan fingerprint density at radius 2 is 2.00 bits per heavy atom. The Hall–Kier alpha value is -0.280. The highest BCUT2D eigenvalue weighted by atomic mass is 35.5. The van der Waals surface area contributed by atoms with E-state index in [1.165, 1.54) is 12.8 Å². The molecule has 110 valence electrons. The van der Waals surface area contributed by atoms with Crippen LogP contribution in [0, 0.1) is 11.3 Å². The van der Waals surface area contributed by atoms with Gasteiger partial charge in [0.2, 0.25) is 5.91 Å². The van der Waals surface area contributed by atoms with Gasteiger partial charge in [-0.25, -0.2) is 0 Å². The zero-order chi connectivity index (χ0) is 13.9. The van der Waals surface area contributed by atoms with Crippen LogP contribution in [0.25, 0.3) is 0 Å². The van der Waals surface area contributed by atoms with Crippen LogP contribution in [0.15, 0.2) is 0 Å². The SMILES string of the molecule is CC1(C)CCCC1C(=O)N1CCCN(CCCl)CC1. The fraction of sp³-hybridized carbons (Fsp3) is 0.933. The van der Waals surface area contributed by atoms with E-state index in [1.807, 2.05) is 0 Å². The summed E-state index contributed by atoms with van der Waals surface area (Å²) < 4.78 is 0. The second-order valence-corrected chi connectivity index (χ2v) is 7.02. The lowest BCUT2D eigenvalue weighted by molar-refractivity contribution is -0.138. The zero-order valence-corrected chi connectivity index (χ0v) is 13.1. The van der Waals surface area contributed by atoms with Crippen molar-refractivity contribution in [1.82, 2.24) is 9.80 Å². The van der Waals surface area contributed by atoms with Crippen LogP contribution >= 0.6 is 11.6 Å². The maximum absolute atomic E-state index is 12.7. The number of halogens is 1. The molecule has 1 amide bonds. The molecule has 1 saturated heterocycles. The van der Waals surface area contributed by atoms with E-state index in [1.54, 1.807) is 0 Å². The minimum Gasteiger partial charge on any atom is -0.341 e. The molecular weight excluding hydrogens is 260 g/mol. The lowest BCUT2D eigenvalue weighted by atomic mass is 9.81. The van der Waals surface area contributed by atoms with E-state index < -0.39 is 0 Å². The van der Waals surface area contributed by atoms with E-state index in [0.29, 0.717) is 11.8 Å². The summed E-state index contributed by atoms with van der Waals surface area (Å²) in [7, 11) is 0. The normalized spacial score (nSPS) is 28.4. The highest BCUT2D eigenvalue weighted by molar-refractivity contribution is 6.18. The van der Waals surface area contributed by atoms with E-state index in [2.05, 4.69) is 23.6 Å². The molecule has 1 unspecified atom stereocenters. The van der Waals surface area contributed by atoms with Gasteiger partial charge in [-0.3, -0.25) is 4.79 Å². The highest BCUT2D eigenvalue weighted by Crippen LogP contribution is 2.43. The van der Waals surface area contributed by atoms with Crippen LogP contribution in [0.4, 0.5) is 0 Å². The molecule has 2 aliphatic rings. The number of hydrogen-bond donors (Lipinski definition) is 0. The molecule has 0 aromatic heterocycles. The van der Waals surface area contributed by atoms with Gasteiger partial charge in [0.25, 0.3) is 0 Å². The van der Waals surface area contributed by atoms with Crippen LogP contribution in [0.5, 0.6) is 0 Å². The minimum absolute atomic E-state index is 0.194. The van der Waals surface area contributed by atoms with Gasteiger partial charge in [-0.1, -0.05) is 20.3 Å². The van der Waals surface area contributed by atoms with Gasteiger partial charge < -0.3 is 9.80 Å². The molecule has 0 spiro atoms. The van der Waals surface area contributed by atoms with Gasteiger partial charge in [0.05, 0.1) is 0 Å². The minimum atomic E-state index is 0.194. The van der Waals surface area contributed by atoms with Crippen LogP contribution in [-0.2, 0) is 4.79 Å². The Morgan fingerprint density at radius 1 is 1.21 bits per heavy atom. The van der Waals surface area contributed by atoms with E-state index >= 15 is 0 Å². The molecule has 3 nitrogen and oxygen atoms in total. The van der Waals surface area contributed by atoms with Crippen LogP contribution in [0.3, 0.4) is 0 Å². The quantitative estimate of drug-likeness (QED) is 0.745. The van der Waals surface area contributed by atoms with Crippen molar-refractivity contribution in [2.45, 2.75) is 39.5 Å². The number of carbonyl (C=O) groups is 1. The van der Waals surface area contributed by atoms with Crippen molar-refractivity contribution in [2.24, 2.45) is 11.3 Å². The Morgan fingerprint density at radius 3 is 2.63 bits per heavy atom. The van der Waals surface area contributed by atoms with Gasteiger partial charge in [0.1, 0.15) is 0 Å². The molecule has 0 N–H and O–H groups in total.